The first kappa shape index (κ1) is 13.5. The molecule has 16 heavy (non-hydrogen) atoms. The Bertz CT molecular complexity index is 232. The van der Waals surface area contributed by atoms with Gasteiger partial charge >= 0.3 is 13.1 Å². The van der Waals surface area contributed by atoms with E-state index in [2.05, 4.69) is 0 Å². The van der Waals surface area contributed by atoms with Gasteiger partial charge < -0.3 is 15.2 Å². The Labute approximate surface area is 96.8 Å². The van der Waals surface area contributed by atoms with Crippen molar-refractivity contribution in [2.45, 2.75) is 45.3 Å². The lowest BCUT2D eigenvalue weighted by atomic mass is 9.69. The van der Waals surface area contributed by atoms with Crippen LogP contribution in [0, 0.1) is 17.8 Å². The number of hydrogen-bond donors (Lipinski definition) is 3. The van der Waals surface area contributed by atoms with Crippen LogP contribution in [0.25, 0.3) is 0 Å². The monoisotopic (exact) mass is 228 g/mol. The SMILES string of the molecule is CC[C@@H]1CC[C@@H](CCB(O)O)C[C@@H]1C(=O)O. The van der Waals surface area contributed by atoms with Crippen LogP contribution < -0.4 is 0 Å². The van der Waals surface area contributed by atoms with Gasteiger partial charge in [-0.2, -0.15) is 0 Å². The molecule has 0 unspecified atom stereocenters. The Morgan fingerprint density at radius 1 is 1.38 bits per heavy atom. The summed E-state index contributed by atoms with van der Waals surface area (Å²) in [4.78, 5) is 11.1. The molecule has 5 heteroatoms. The number of carbonyl (C=O) groups is 1. The average molecular weight is 228 g/mol. The maximum absolute atomic E-state index is 11.1. The average Bonchev–Trinajstić information content (AvgIpc) is 2.25. The van der Waals surface area contributed by atoms with Crippen LogP contribution >= 0.6 is 0 Å². The second-order valence-corrected chi connectivity index (χ2v) is 4.85. The Balaban J connectivity index is 2.45. The lowest BCUT2D eigenvalue weighted by molar-refractivity contribution is -0.145. The van der Waals surface area contributed by atoms with E-state index < -0.39 is 13.1 Å². The minimum Gasteiger partial charge on any atom is -0.481 e. The molecule has 1 saturated carbocycles. The summed E-state index contributed by atoms with van der Waals surface area (Å²) in [6.07, 6.45) is 4.67. The summed E-state index contributed by atoms with van der Waals surface area (Å²) < 4.78 is 0. The molecule has 3 N–H and O–H groups in total. The third kappa shape index (κ3) is 3.79. The van der Waals surface area contributed by atoms with E-state index in [9.17, 15) is 4.79 Å². The van der Waals surface area contributed by atoms with Crippen molar-refractivity contribution in [1.82, 2.24) is 0 Å². The van der Waals surface area contributed by atoms with E-state index in [1.54, 1.807) is 0 Å². The lowest BCUT2D eigenvalue weighted by Crippen LogP contribution is -2.31. The molecule has 0 aromatic rings. The molecule has 3 atom stereocenters. The van der Waals surface area contributed by atoms with E-state index in [0.717, 1.165) is 25.7 Å². The van der Waals surface area contributed by atoms with Crippen LogP contribution in [-0.4, -0.2) is 28.2 Å². The van der Waals surface area contributed by atoms with Crippen molar-refractivity contribution in [1.29, 1.82) is 0 Å². The largest absolute Gasteiger partial charge is 0.481 e. The Morgan fingerprint density at radius 2 is 2.06 bits per heavy atom. The first-order chi connectivity index (χ1) is 7.54. The molecule has 1 rings (SSSR count). The summed E-state index contributed by atoms with van der Waals surface area (Å²) in [5, 5.41) is 26.7. The first-order valence-electron chi connectivity index (χ1n) is 6.13. The molecule has 0 bridgehead atoms. The smallest absolute Gasteiger partial charge is 0.451 e. The van der Waals surface area contributed by atoms with E-state index in [-0.39, 0.29) is 5.92 Å². The maximum Gasteiger partial charge on any atom is 0.451 e. The van der Waals surface area contributed by atoms with Gasteiger partial charge in [0.25, 0.3) is 0 Å². The molecule has 0 aliphatic heterocycles. The van der Waals surface area contributed by atoms with Crippen LogP contribution in [0.2, 0.25) is 6.32 Å². The number of carboxylic acid groups (broad SMARTS) is 1. The number of aliphatic carboxylic acids is 1. The molecule has 0 radical (unpaired) electrons. The van der Waals surface area contributed by atoms with Crippen molar-refractivity contribution in [3.63, 3.8) is 0 Å². The van der Waals surface area contributed by atoms with Crippen molar-refractivity contribution in [3.8, 4) is 0 Å². The van der Waals surface area contributed by atoms with Gasteiger partial charge in [-0.3, -0.25) is 4.79 Å². The van der Waals surface area contributed by atoms with Gasteiger partial charge in [-0.05, 0) is 31.0 Å². The van der Waals surface area contributed by atoms with Gasteiger partial charge in [-0.25, -0.2) is 0 Å². The van der Waals surface area contributed by atoms with Gasteiger partial charge in [-0.15, -0.1) is 0 Å². The molecule has 92 valence electrons. The van der Waals surface area contributed by atoms with E-state index in [1.165, 1.54) is 0 Å². The highest BCUT2D eigenvalue weighted by Crippen LogP contribution is 2.38. The first-order valence-corrected chi connectivity index (χ1v) is 6.13. The van der Waals surface area contributed by atoms with Gasteiger partial charge in [0.2, 0.25) is 0 Å². The highest BCUT2D eigenvalue weighted by atomic mass is 16.4. The standard InChI is InChI=1S/C11H21BO4/c1-2-9-4-3-8(5-6-12(15)16)7-10(9)11(13)14/h8-10,15-16H,2-7H2,1H3,(H,13,14)/t8-,9+,10-/m0/s1. The van der Waals surface area contributed by atoms with Crippen molar-refractivity contribution in [2.24, 2.45) is 17.8 Å². The predicted molar refractivity (Wildman–Crippen MR) is 61.9 cm³/mol. The molecular formula is C11H21BO4. The Hall–Kier alpha value is -0.545. The summed E-state index contributed by atoms with van der Waals surface area (Å²) in [6, 6.07) is 0. The zero-order valence-electron chi connectivity index (χ0n) is 9.80. The Kier molecular flexibility index (Phi) is 5.28. The summed E-state index contributed by atoms with van der Waals surface area (Å²) in [5.74, 6) is -0.292. The highest BCUT2D eigenvalue weighted by Gasteiger charge is 2.34. The molecule has 0 spiro atoms. The number of carboxylic acids is 1. The highest BCUT2D eigenvalue weighted by molar-refractivity contribution is 6.40. The van der Waals surface area contributed by atoms with Crippen molar-refractivity contribution < 1.29 is 19.9 Å². The molecule has 0 amide bonds. The molecule has 0 saturated heterocycles. The van der Waals surface area contributed by atoms with E-state index in [4.69, 9.17) is 15.2 Å². The lowest BCUT2D eigenvalue weighted by Gasteiger charge is -2.33. The van der Waals surface area contributed by atoms with E-state index in [1.807, 2.05) is 6.92 Å². The normalized spacial score (nSPS) is 30.1. The molecule has 0 aromatic carbocycles. The summed E-state index contributed by atoms with van der Waals surface area (Å²) in [7, 11) is -1.26. The summed E-state index contributed by atoms with van der Waals surface area (Å²) >= 11 is 0. The topological polar surface area (TPSA) is 77.8 Å². The predicted octanol–water partition coefficient (Wildman–Crippen LogP) is 1.38. The van der Waals surface area contributed by atoms with Gasteiger partial charge in [0.15, 0.2) is 0 Å². The zero-order chi connectivity index (χ0) is 12.1. The molecule has 4 nitrogen and oxygen atoms in total. The van der Waals surface area contributed by atoms with Crippen molar-refractivity contribution in [3.05, 3.63) is 0 Å². The van der Waals surface area contributed by atoms with Crippen LogP contribution in [0.5, 0.6) is 0 Å². The fraction of sp³-hybridized carbons (Fsp3) is 0.909. The molecule has 0 heterocycles. The molecule has 1 aliphatic carbocycles. The fourth-order valence-electron chi connectivity index (χ4n) is 2.76. The number of rotatable bonds is 5. The quantitative estimate of drug-likeness (QED) is 0.621. The minimum absolute atomic E-state index is 0.236. The molecular weight excluding hydrogens is 207 g/mol. The zero-order valence-corrected chi connectivity index (χ0v) is 9.80. The van der Waals surface area contributed by atoms with Crippen molar-refractivity contribution in [2.75, 3.05) is 0 Å². The minimum atomic E-state index is -1.26. The Morgan fingerprint density at radius 3 is 2.56 bits per heavy atom. The van der Waals surface area contributed by atoms with E-state index in [0.29, 0.717) is 24.6 Å². The maximum atomic E-state index is 11.1. The van der Waals surface area contributed by atoms with Crippen LogP contribution in [0.1, 0.15) is 39.0 Å². The third-order valence-corrected chi connectivity index (χ3v) is 3.78. The molecule has 1 aliphatic rings. The van der Waals surface area contributed by atoms with Gasteiger partial charge in [0.05, 0.1) is 5.92 Å². The molecule has 1 fully saturated rings. The third-order valence-electron chi connectivity index (χ3n) is 3.78. The second kappa shape index (κ2) is 6.25. The van der Waals surface area contributed by atoms with Gasteiger partial charge in [0.1, 0.15) is 0 Å². The van der Waals surface area contributed by atoms with Crippen LogP contribution in [0.4, 0.5) is 0 Å². The fourth-order valence-corrected chi connectivity index (χ4v) is 2.76. The summed E-state index contributed by atoms with van der Waals surface area (Å²) in [6.45, 7) is 2.04. The van der Waals surface area contributed by atoms with Crippen LogP contribution in [-0.2, 0) is 4.79 Å². The van der Waals surface area contributed by atoms with E-state index >= 15 is 0 Å². The van der Waals surface area contributed by atoms with Gasteiger partial charge in [0, 0.05) is 0 Å². The van der Waals surface area contributed by atoms with Gasteiger partial charge in [-0.1, -0.05) is 26.2 Å². The molecule has 0 aromatic heterocycles. The van der Waals surface area contributed by atoms with Crippen LogP contribution in [0.15, 0.2) is 0 Å². The summed E-state index contributed by atoms with van der Waals surface area (Å²) in [5.41, 5.74) is 0. The second-order valence-electron chi connectivity index (χ2n) is 4.85. The van der Waals surface area contributed by atoms with Crippen LogP contribution in [0.3, 0.4) is 0 Å². The van der Waals surface area contributed by atoms with Crippen molar-refractivity contribution >= 4 is 13.1 Å². The number of hydrogen-bond acceptors (Lipinski definition) is 3.